The molecule has 3 N–H and O–H groups in total. The number of nitrogens with one attached hydrogen (secondary N) is 1. The summed E-state index contributed by atoms with van der Waals surface area (Å²) < 4.78 is 22.9. The fourth-order valence-electron chi connectivity index (χ4n) is 2.27. The van der Waals surface area contributed by atoms with Crippen molar-refractivity contribution in [3.63, 3.8) is 0 Å². The van der Waals surface area contributed by atoms with Crippen molar-refractivity contribution in [3.8, 4) is 0 Å². The van der Waals surface area contributed by atoms with Crippen LogP contribution in [0.5, 0.6) is 0 Å². The highest BCUT2D eigenvalue weighted by Crippen LogP contribution is 2.33. The van der Waals surface area contributed by atoms with Gasteiger partial charge in [0, 0.05) is 18.2 Å². The zero-order valence-corrected chi connectivity index (χ0v) is 14.6. The van der Waals surface area contributed by atoms with Gasteiger partial charge in [-0.15, -0.1) is 0 Å². The summed E-state index contributed by atoms with van der Waals surface area (Å²) in [5.41, 5.74) is 1.77. The number of aryl methyl sites for hydroxylation is 1. The molecule has 0 aliphatic rings. The highest BCUT2D eigenvalue weighted by Gasteiger charge is 2.16. The number of primary sulfonamides is 1. The lowest BCUT2D eigenvalue weighted by atomic mass is 10.1. The minimum Gasteiger partial charge on any atom is -0.377 e. The molecule has 7 nitrogen and oxygen atoms in total. The number of non-ortho nitro benzene ring substituents is 1. The number of nitro benzene ring substituents is 1. The van der Waals surface area contributed by atoms with Crippen LogP contribution in [0.15, 0.2) is 41.3 Å². The topological polar surface area (TPSA) is 115 Å². The van der Waals surface area contributed by atoms with Crippen molar-refractivity contribution in [2.45, 2.75) is 24.8 Å². The van der Waals surface area contributed by atoms with Gasteiger partial charge < -0.3 is 5.32 Å². The molecule has 1 atom stereocenters. The van der Waals surface area contributed by atoms with Gasteiger partial charge in [-0.3, -0.25) is 10.1 Å². The van der Waals surface area contributed by atoms with E-state index in [2.05, 4.69) is 5.32 Å². The van der Waals surface area contributed by atoms with Gasteiger partial charge in [-0.2, -0.15) is 0 Å². The monoisotopic (exact) mass is 369 g/mol. The summed E-state index contributed by atoms with van der Waals surface area (Å²) in [5.74, 6) is 0. The van der Waals surface area contributed by atoms with Gasteiger partial charge in [0.2, 0.25) is 10.0 Å². The first-order valence-corrected chi connectivity index (χ1v) is 8.86. The van der Waals surface area contributed by atoms with E-state index in [4.69, 9.17) is 16.7 Å². The molecule has 0 aromatic heterocycles. The largest absolute Gasteiger partial charge is 0.377 e. The first-order valence-electron chi connectivity index (χ1n) is 6.93. The number of nitrogens with zero attached hydrogens (tertiary/aromatic N) is 1. The Labute approximate surface area is 144 Å². The molecular formula is C15H16ClN3O4S. The second-order valence-corrected chi connectivity index (χ2v) is 7.33. The van der Waals surface area contributed by atoms with Crippen LogP contribution in [0.1, 0.15) is 24.1 Å². The summed E-state index contributed by atoms with van der Waals surface area (Å²) in [4.78, 5) is 10.4. The van der Waals surface area contributed by atoms with Crippen molar-refractivity contribution in [1.29, 1.82) is 0 Å². The number of sulfonamides is 1. The van der Waals surface area contributed by atoms with E-state index < -0.39 is 14.9 Å². The molecule has 24 heavy (non-hydrogen) atoms. The van der Waals surface area contributed by atoms with Crippen molar-refractivity contribution in [2.75, 3.05) is 5.32 Å². The quantitative estimate of drug-likeness (QED) is 0.619. The normalized spacial score (nSPS) is 12.7. The fraction of sp³-hybridized carbons (Fsp3) is 0.200. The minimum atomic E-state index is -3.79. The van der Waals surface area contributed by atoms with E-state index in [0.717, 1.165) is 0 Å². The van der Waals surface area contributed by atoms with Crippen LogP contribution >= 0.6 is 11.6 Å². The lowest BCUT2D eigenvalue weighted by molar-refractivity contribution is -0.384. The summed E-state index contributed by atoms with van der Waals surface area (Å²) in [6.07, 6.45) is 0. The van der Waals surface area contributed by atoms with E-state index in [1.165, 1.54) is 24.3 Å². The molecule has 0 aliphatic carbocycles. The zero-order chi connectivity index (χ0) is 18.1. The molecule has 0 heterocycles. The number of benzene rings is 2. The molecule has 1 unspecified atom stereocenters. The Morgan fingerprint density at radius 2 is 1.96 bits per heavy atom. The summed E-state index contributed by atoms with van der Waals surface area (Å²) >= 11 is 6.13. The molecular weight excluding hydrogens is 354 g/mol. The van der Waals surface area contributed by atoms with Gasteiger partial charge >= 0.3 is 0 Å². The van der Waals surface area contributed by atoms with E-state index >= 15 is 0 Å². The molecule has 0 saturated heterocycles. The molecule has 0 bridgehead atoms. The van der Waals surface area contributed by atoms with E-state index in [0.29, 0.717) is 16.8 Å². The third-order valence-electron chi connectivity index (χ3n) is 3.53. The Balaban J connectivity index is 2.34. The van der Waals surface area contributed by atoms with Crippen LogP contribution in [0, 0.1) is 17.0 Å². The highest BCUT2D eigenvalue weighted by molar-refractivity contribution is 7.89. The second-order valence-electron chi connectivity index (χ2n) is 5.36. The number of hydrogen-bond acceptors (Lipinski definition) is 5. The van der Waals surface area contributed by atoms with Crippen LogP contribution in [0.2, 0.25) is 5.02 Å². The molecule has 0 amide bonds. The van der Waals surface area contributed by atoms with Gasteiger partial charge in [-0.05, 0) is 37.1 Å². The molecule has 0 aliphatic heterocycles. The maximum Gasteiger partial charge on any atom is 0.271 e. The molecule has 2 aromatic rings. The molecule has 9 heteroatoms. The van der Waals surface area contributed by atoms with Crippen LogP contribution in [0.3, 0.4) is 0 Å². The molecule has 0 spiro atoms. The number of nitro groups is 1. The smallest absolute Gasteiger partial charge is 0.271 e. The Hall–Kier alpha value is -2.16. The van der Waals surface area contributed by atoms with Gasteiger partial charge in [-0.1, -0.05) is 23.7 Å². The number of anilines is 1. The van der Waals surface area contributed by atoms with Crippen molar-refractivity contribution in [3.05, 3.63) is 62.7 Å². The van der Waals surface area contributed by atoms with Crippen LogP contribution in [-0.4, -0.2) is 13.3 Å². The lowest BCUT2D eigenvalue weighted by Gasteiger charge is -2.19. The number of rotatable bonds is 5. The second kappa shape index (κ2) is 6.76. The van der Waals surface area contributed by atoms with Crippen molar-refractivity contribution < 1.29 is 13.3 Å². The SMILES string of the molecule is Cc1cc([N+](=O)[O-])cc(Cl)c1NC(C)c1cccc(S(N)(=O)=O)c1. The van der Waals surface area contributed by atoms with Crippen LogP contribution in [0.4, 0.5) is 11.4 Å². The number of nitrogens with two attached hydrogens (primary N) is 1. The molecule has 0 fully saturated rings. The van der Waals surface area contributed by atoms with Crippen LogP contribution in [0.25, 0.3) is 0 Å². The lowest BCUT2D eigenvalue weighted by Crippen LogP contribution is -2.14. The standard InChI is InChI=1S/C15H16ClN3O4S/c1-9-6-12(19(20)21)8-14(16)15(9)18-10(2)11-4-3-5-13(7-11)24(17,22)23/h3-8,10,18H,1-2H3,(H2,17,22,23). The van der Waals surface area contributed by atoms with Crippen LogP contribution < -0.4 is 10.5 Å². The van der Waals surface area contributed by atoms with E-state index in [1.54, 1.807) is 19.1 Å². The van der Waals surface area contributed by atoms with Crippen molar-refractivity contribution in [1.82, 2.24) is 0 Å². The van der Waals surface area contributed by atoms with E-state index in [9.17, 15) is 18.5 Å². The van der Waals surface area contributed by atoms with Gasteiger partial charge in [0.05, 0.1) is 20.5 Å². The van der Waals surface area contributed by atoms with Gasteiger partial charge in [0.1, 0.15) is 0 Å². The summed E-state index contributed by atoms with van der Waals surface area (Å²) in [6.45, 7) is 3.52. The molecule has 2 rings (SSSR count). The predicted octanol–water partition coefficient (Wildman–Crippen LogP) is 3.38. The molecule has 2 aromatic carbocycles. The average Bonchev–Trinajstić information content (AvgIpc) is 2.49. The van der Waals surface area contributed by atoms with Gasteiger partial charge in [-0.25, -0.2) is 13.6 Å². The van der Waals surface area contributed by atoms with E-state index in [-0.39, 0.29) is 21.6 Å². The Morgan fingerprint density at radius 1 is 1.29 bits per heavy atom. The van der Waals surface area contributed by atoms with Crippen molar-refractivity contribution in [2.24, 2.45) is 5.14 Å². The molecule has 0 radical (unpaired) electrons. The number of hydrogen-bond donors (Lipinski definition) is 2. The Bertz CT molecular complexity index is 876. The highest BCUT2D eigenvalue weighted by atomic mass is 35.5. The third kappa shape index (κ3) is 4.02. The fourth-order valence-corrected chi connectivity index (χ4v) is 3.16. The summed E-state index contributed by atoms with van der Waals surface area (Å²) in [5, 5.41) is 19.4. The summed E-state index contributed by atoms with van der Waals surface area (Å²) in [6, 6.07) is 8.63. The zero-order valence-electron chi connectivity index (χ0n) is 13.0. The minimum absolute atomic E-state index is 0.0140. The van der Waals surface area contributed by atoms with Crippen molar-refractivity contribution >= 4 is 33.0 Å². The van der Waals surface area contributed by atoms with Gasteiger partial charge in [0.25, 0.3) is 5.69 Å². The Morgan fingerprint density at radius 3 is 2.50 bits per heavy atom. The number of halogens is 1. The molecule has 128 valence electrons. The third-order valence-corrected chi connectivity index (χ3v) is 4.74. The predicted molar refractivity (Wildman–Crippen MR) is 92.7 cm³/mol. The van der Waals surface area contributed by atoms with Gasteiger partial charge in [0.15, 0.2) is 0 Å². The Kier molecular flexibility index (Phi) is 5.12. The maximum absolute atomic E-state index is 11.4. The molecule has 0 saturated carbocycles. The van der Waals surface area contributed by atoms with E-state index in [1.807, 2.05) is 6.92 Å². The maximum atomic E-state index is 11.4. The first-order chi connectivity index (χ1) is 11.1. The first kappa shape index (κ1) is 18.2. The summed E-state index contributed by atoms with van der Waals surface area (Å²) in [7, 11) is -3.79. The van der Waals surface area contributed by atoms with Crippen LogP contribution in [-0.2, 0) is 10.0 Å². The average molecular weight is 370 g/mol.